The molecule has 1 N–H and O–H groups in total. The molecule has 0 amide bonds. The van der Waals surface area contributed by atoms with Crippen LogP contribution in [0.15, 0.2) is 18.3 Å². The third kappa shape index (κ3) is 2.26. The molecular formula is C15H18F2N2O. The Morgan fingerprint density at radius 2 is 2.10 bits per heavy atom. The lowest BCUT2D eigenvalue weighted by Gasteiger charge is -2.08. The first kappa shape index (κ1) is 13.4. The highest BCUT2D eigenvalue weighted by Crippen LogP contribution is 2.43. The SMILES string of the molecule is CN(C)CCc1cn(C2CC2F)c2cc(F)cc(O)c12. The maximum Gasteiger partial charge on any atom is 0.129 e. The predicted molar refractivity (Wildman–Crippen MR) is 74.4 cm³/mol. The Balaban J connectivity index is 2.10. The van der Waals surface area contributed by atoms with Gasteiger partial charge in [-0.25, -0.2) is 8.78 Å². The third-order valence-electron chi connectivity index (χ3n) is 3.82. The normalized spacial score (nSPS) is 21.9. The highest BCUT2D eigenvalue weighted by atomic mass is 19.1. The van der Waals surface area contributed by atoms with Gasteiger partial charge in [0.25, 0.3) is 0 Å². The van der Waals surface area contributed by atoms with Crippen molar-refractivity contribution in [2.24, 2.45) is 0 Å². The first-order valence-corrected chi connectivity index (χ1v) is 6.78. The number of hydrogen-bond acceptors (Lipinski definition) is 2. The van der Waals surface area contributed by atoms with Gasteiger partial charge in [-0.3, -0.25) is 0 Å². The summed E-state index contributed by atoms with van der Waals surface area (Å²) in [6.07, 6.45) is 2.20. The molecule has 2 atom stereocenters. The fourth-order valence-electron chi connectivity index (χ4n) is 2.66. The summed E-state index contributed by atoms with van der Waals surface area (Å²) in [6, 6.07) is 2.28. The minimum atomic E-state index is -0.863. The van der Waals surface area contributed by atoms with Crippen molar-refractivity contribution in [3.8, 4) is 5.75 Å². The van der Waals surface area contributed by atoms with E-state index in [1.54, 1.807) is 4.57 Å². The van der Waals surface area contributed by atoms with Gasteiger partial charge in [0.15, 0.2) is 0 Å². The minimum Gasteiger partial charge on any atom is -0.507 e. The van der Waals surface area contributed by atoms with Crippen molar-refractivity contribution in [2.45, 2.75) is 25.1 Å². The van der Waals surface area contributed by atoms with Crippen molar-refractivity contribution in [2.75, 3.05) is 20.6 Å². The zero-order valence-electron chi connectivity index (χ0n) is 11.6. The number of fused-ring (bicyclic) bond motifs is 1. The van der Waals surface area contributed by atoms with Crippen molar-refractivity contribution in [1.82, 2.24) is 9.47 Å². The fourth-order valence-corrected chi connectivity index (χ4v) is 2.66. The molecule has 1 saturated carbocycles. The van der Waals surface area contributed by atoms with Crippen LogP contribution in [-0.2, 0) is 6.42 Å². The van der Waals surface area contributed by atoms with Gasteiger partial charge in [0.2, 0.25) is 0 Å². The number of rotatable bonds is 4. The fraction of sp³-hybridized carbons (Fsp3) is 0.467. The van der Waals surface area contributed by atoms with E-state index in [0.29, 0.717) is 17.3 Å². The Morgan fingerprint density at radius 3 is 2.70 bits per heavy atom. The van der Waals surface area contributed by atoms with E-state index in [9.17, 15) is 13.9 Å². The lowest BCUT2D eigenvalue weighted by atomic mass is 10.1. The van der Waals surface area contributed by atoms with Crippen LogP contribution in [0.25, 0.3) is 10.9 Å². The molecule has 1 aromatic carbocycles. The van der Waals surface area contributed by atoms with Crippen molar-refractivity contribution in [1.29, 1.82) is 0 Å². The van der Waals surface area contributed by atoms with Crippen LogP contribution in [0.4, 0.5) is 8.78 Å². The molecule has 3 rings (SSSR count). The smallest absolute Gasteiger partial charge is 0.129 e. The van der Waals surface area contributed by atoms with Gasteiger partial charge in [0, 0.05) is 30.6 Å². The number of likely N-dealkylation sites (N-methyl/N-ethyl adjacent to an activating group) is 1. The molecule has 1 heterocycles. The number of phenols is 1. The topological polar surface area (TPSA) is 28.4 Å². The van der Waals surface area contributed by atoms with E-state index < -0.39 is 12.0 Å². The lowest BCUT2D eigenvalue weighted by Crippen LogP contribution is -2.14. The van der Waals surface area contributed by atoms with Gasteiger partial charge >= 0.3 is 0 Å². The highest BCUT2D eigenvalue weighted by molar-refractivity contribution is 5.90. The van der Waals surface area contributed by atoms with Crippen LogP contribution in [0.5, 0.6) is 5.75 Å². The van der Waals surface area contributed by atoms with Gasteiger partial charge in [-0.1, -0.05) is 0 Å². The summed E-state index contributed by atoms with van der Waals surface area (Å²) in [5.41, 5.74) is 1.52. The average Bonchev–Trinajstić information content (AvgIpc) is 2.96. The van der Waals surface area contributed by atoms with Gasteiger partial charge < -0.3 is 14.6 Å². The number of nitrogens with zero attached hydrogens (tertiary/aromatic N) is 2. The summed E-state index contributed by atoms with van der Waals surface area (Å²) in [7, 11) is 3.94. The molecule has 108 valence electrons. The zero-order chi connectivity index (χ0) is 14.4. The number of hydrogen-bond donors (Lipinski definition) is 1. The molecule has 1 aliphatic rings. The largest absolute Gasteiger partial charge is 0.507 e. The molecule has 2 aromatic rings. The van der Waals surface area contributed by atoms with Crippen molar-refractivity contribution >= 4 is 10.9 Å². The monoisotopic (exact) mass is 280 g/mol. The van der Waals surface area contributed by atoms with E-state index in [1.807, 2.05) is 25.2 Å². The van der Waals surface area contributed by atoms with Gasteiger partial charge in [-0.05, 0) is 32.1 Å². The van der Waals surface area contributed by atoms with Crippen LogP contribution in [-0.4, -0.2) is 41.4 Å². The predicted octanol–water partition coefficient (Wildman–Crippen LogP) is 2.87. The summed E-state index contributed by atoms with van der Waals surface area (Å²) in [6.45, 7) is 0.819. The third-order valence-corrected chi connectivity index (χ3v) is 3.82. The Hall–Kier alpha value is -1.62. The number of halogens is 2. The van der Waals surface area contributed by atoms with E-state index in [0.717, 1.165) is 24.6 Å². The Bertz CT molecular complexity index is 651. The molecular weight excluding hydrogens is 262 g/mol. The van der Waals surface area contributed by atoms with Crippen LogP contribution in [0.1, 0.15) is 18.0 Å². The molecule has 0 spiro atoms. The van der Waals surface area contributed by atoms with E-state index in [1.165, 1.54) is 6.07 Å². The second kappa shape index (κ2) is 4.74. The van der Waals surface area contributed by atoms with Crippen LogP contribution in [0, 0.1) is 5.82 Å². The van der Waals surface area contributed by atoms with Crippen LogP contribution < -0.4 is 0 Å². The molecule has 0 radical (unpaired) electrons. The molecule has 1 fully saturated rings. The van der Waals surface area contributed by atoms with E-state index in [2.05, 4.69) is 0 Å². The number of alkyl halides is 1. The summed E-state index contributed by atoms with van der Waals surface area (Å²) >= 11 is 0. The van der Waals surface area contributed by atoms with E-state index in [-0.39, 0.29) is 11.8 Å². The summed E-state index contributed by atoms with van der Waals surface area (Å²) < 4.78 is 28.6. The van der Waals surface area contributed by atoms with Gasteiger partial charge in [-0.15, -0.1) is 0 Å². The Kier molecular flexibility index (Phi) is 3.17. The van der Waals surface area contributed by atoms with Gasteiger partial charge in [0.1, 0.15) is 17.7 Å². The van der Waals surface area contributed by atoms with Crippen LogP contribution in [0.3, 0.4) is 0 Å². The summed E-state index contributed by atoms with van der Waals surface area (Å²) in [5, 5.41) is 10.7. The number of aromatic nitrogens is 1. The second-order valence-corrected chi connectivity index (χ2v) is 5.75. The first-order valence-electron chi connectivity index (χ1n) is 6.78. The standard InChI is InChI=1S/C15H18F2N2O/c1-18(2)4-3-9-8-19(12-7-11(12)17)13-5-10(16)6-14(20)15(9)13/h5-6,8,11-12,20H,3-4,7H2,1-2H3. The molecule has 5 heteroatoms. The van der Waals surface area contributed by atoms with E-state index in [4.69, 9.17) is 0 Å². The minimum absolute atomic E-state index is 0.0661. The number of phenolic OH excluding ortho intramolecular Hbond substituents is 1. The van der Waals surface area contributed by atoms with Crippen molar-refractivity contribution in [3.63, 3.8) is 0 Å². The molecule has 0 saturated heterocycles. The highest BCUT2D eigenvalue weighted by Gasteiger charge is 2.40. The summed E-state index contributed by atoms with van der Waals surface area (Å²) in [4.78, 5) is 2.04. The molecule has 3 nitrogen and oxygen atoms in total. The maximum atomic E-state index is 13.5. The molecule has 2 unspecified atom stereocenters. The van der Waals surface area contributed by atoms with Crippen LogP contribution >= 0.6 is 0 Å². The molecule has 0 bridgehead atoms. The quantitative estimate of drug-likeness (QED) is 0.933. The molecule has 20 heavy (non-hydrogen) atoms. The average molecular weight is 280 g/mol. The number of aromatic hydroxyl groups is 1. The van der Waals surface area contributed by atoms with Gasteiger partial charge in [-0.2, -0.15) is 0 Å². The van der Waals surface area contributed by atoms with Crippen molar-refractivity contribution in [3.05, 3.63) is 29.7 Å². The number of benzene rings is 1. The maximum absolute atomic E-state index is 13.5. The lowest BCUT2D eigenvalue weighted by molar-refractivity contribution is 0.413. The van der Waals surface area contributed by atoms with Crippen LogP contribution in [0.2, 0.25) is 0 Å². The molecule has 1 aliphatic carbocycles. The van der Waals surface area contributed by atoms with E-state index >= 15 is 0 Å². The molecule has 1 aromatic heterocycles. The first-order chi connectivity index (χ1) is 9.47. The van der Waals surface area contributed by atoms with Crippen molar-refractivity contribution < 1.29 is 13.9 Å². The Morgan fingerprint density at radius 1 is 1.40 bits per heavy atom. The summed E-state index contributed by atoms with van der Waals surface area (Å²) in [5.74, 6) is -0.562. The molecule has 0 aliphatic heterocycles. The zero-order valence-corrected chi connectivity index (χ0v) is 11.6. The second-order valence-electron chi connectivity index (χ2n) is 5.75. The van der Waals surface area contributed by atoms with Gasteiger partial charge in [0.05, 0.1) is 11.6 Å². The Labute approximate surface area is 116 Å².